The minimum absolute atomic E-state index is 0.000946. The lowest BCUT2D eigenvalue weighted by Crippen LogP contribution is -2.36. The Balaban J connectivity index is 2.07. The first-order chi connectivity index (χ1) is 11.6. The van der Waals surface area contributed by atoms with Gasteiger partial charge in [-0.25, -0.2) is 4.99 Å². The van der Waals surface area contributed by atoms with Crippen LogP contribution < -0.4 is 0 Å². The number of ether oxygens (including phenoxy) is 1. The summed E-state index contributed by atoms with van der Waals surface area (Å²) in [6, 6.07) is 10.0. The van der Waals surface area contributed by atoms with E-state index in [9.17, 15) is 0 Å². The van der Waals surface area contributed by atoms with E-state index in [1.165, 1.54) is 5.57 Å². The molecule has 126 valence electrons. The average Bonchev–Trinajstić information content (AvgIpc) is 2.61. The monoisotopic (exact) mass is 322 g/mol. The summed E-state index contributed by atoms with van der Waals surface area (Å²) in [5, 5.41) is 0. The summed E-state index contributed by atoms with van der Waals surface area (Å²) in [4.78, 5) is 9.81. The number of methoxy groups -OCH3 is 1. The Morgan fingerprint density at radius 2 is 1.96 bits per heavy atom. The predicted molar refractivity (Wildman–Crippen MR) is 101 cm³/mol. The second-order valence-corrected chi connectivity index (χ2v) is 6.80. The van der Waals surface area contributed by atoms with Gasteiger partial charge in [0.25, 0.3) is 0 Å². The maximum atomic E-state index is 5.67. The molecule has 0 fully saturated rings. The molecule has 2 unspecified atom stereocenters. The van der Waals surface area contributed by atoms with E-state index >= 15 is 0 Å². The van der Waals surface area contributed by atoms with Crippen molar-refractivity contribution in [1.82, 2.24) is 0 Å². The lowest BCUT2D eigenvalue weighted by atomic mass is 9.75. The molecule has 2 atom stereocenters. The maximum absolute atomic E-state index is 5.67. The topological polar surface area (TPSA) is 34.0 Å². The lowest BCUT2D eigenvalue weighted by Gasteiger charge is -2.38. The zero-order chi connectivity index (χ0) is 17.2. The van der Waals surface area contributed by atoms with E-state index in [0.717, 1.165) is 42.1 Å². The molecule has 0 aromatic heterocycles. The quantitative estimate of drug-likeness (QED) is 0.695. The van der Waals surface area contributed by atoms with Crippen molar-refractivity contribution in [2.75, 3.05) is 7.11 Å². The molecule has 1 aliphatic carbocycles. The van der Waals surface area contributed by atoms with Gasteiger partial charge in [0.2, 0.25) is 0 Å². The molecule has 0 spiro atoms. The van der Waals surface area contributed by atoms with Crippen LogP contribution in [0.5, 0.6) is 0 Å². The molecule has 0 amide bonds. The summed E-state index contributed by atoms with van der Waals surface area (Å²) in [6.07, 6.45) is 7.43. The highest BCUT2D eigenvalue weighted by Gasteiger charge is 2.37. The Morgan fingerprint density at radius 3 is 2.58 bits per heavy atom. The van der Waals surface area contributed by atoms with Crippen LogP contribution in [0.25, 0.3) is 0 Å². The van der Waals surface area contributed by atoms with Crippen LogP contribution in [0.4, 0.5) is 5.69 Å². The first kappa shape index (κ1) is 16.7. The van der Waals surface area contributed by atoms with Crippen molar-refractivity contribution in [3.63, 3.8) is 0 Å². The third-order valence-corrected chi connectivity index (χ3v) is 5.09. The lowest BCUT2D eigenvalue weighted by molar-refractivity contribution is 0.302. The number of hydrogen-bond acceptors (Lipinski definition) is 3. The minimum Gasteiger partial charge on any atom is -0.494 e. The van der Waals surface area contributed by atoms with Gasteiger partial charge in [-0.05, 0) is 55.9 Å². The van der Waals surface area contributed by atoms with E-state index < -0.39 is 0 Å². The van der Waals surface area contributed by atoms with Crippen LogP contribution in [0, 0.1) is 5.92 Å². The Labute approximate surface area is 144 Å². The fourth-order valence-electron chi connectivity index (χ4n) is 3.46. The Bertz CT molecular complexity index is 727. The van der Waals surface area contributed by atoms with Gasteiger partial charge in [0.05, 0.1) is 24.0 Å². The van der Waals surface area contributed by atoms with Gasteiger partial charge < -0.3 is 4.74 Å². The van der Waals surface area contributed by atoms with Gasteiger partial charge in [0.15, 0.2) is 0 Å². The first-order valence-corrected chi connectivity index (χ1v) is 8.80. The number of nitrogens with zero attached hydrogens (tertiary/aromatic N) is 2. The van der Waals surface area contributed by atoms with Crippen LogP contribution >= 0.6 is 0 Å². The molecule has 2 aliphatic rings. The fraction of sp³-hybridized carbons (Fsp3) is 0.429. The van der Waals surface area contributed by atoms with E-state index in [4.69, 9.17) is 14.7 Å². The second kappa shape index (κ2) is 6.76. The second-order valence-electron chi connectivity index (χ2n) is 6.80. The van der Waals surface area contributed by atoms with Crippen molar-refractivity contribution in [1.29, 1.82) is 0 Å². The van der Waals surface area contributed by atoms with E-state index in [0.29, 0.717) is 5.92 Å². The van der Waals surface area contributed by atoms with Gasteiger partial charge >= 0.3 is 0 Å². The highest BCUT2D eigenvalue weighted by atomic mass is 16.5. The van der Waals surface area contributed by atoms with Crippen LogP contribution in [0.15, 0.2) is 63.8 Å². The summed E-state index contributed by atoms with van der Waals surface area (Å²) < 4.78 is 5.67. The number of allylic oxidation sites excluding steroid dienone is 3. The molecular formula is C21H26N2O. The van der Waals surface area contributed by atoms with Crippen molar-refractivity contribution in [2.24, 2.45) is 15.9 Å². The normalized spacial score (nSPS) is 27.9. The van der Waals surface area contributed by atoms with Gasteiger partial charge in [0, 0.05) is 6.08 Å². The molecule has 0 saturated heterocycles. The molecule has 24 heavy (non-hydrogen) atoms. The highest BCUT2D eigenvalue weighted by Crippen LogP contribution is 2.39. The fourth-order valence-corrected chi connectivity index (χ4v) is 3.46. The summed E-state index contributed by atoms with van der Waals surface area (Å²) in [6.45, 7) is 6.72. The average molecular weight is 322 g/mol. The Morgan fingerprint density at radius 1 is 1.21 bits per heavy atom. The zero-order valence-electron chi connectivity index (χ0n) is 15.0. The number of hydrogen-bond donors (Lipinski definition) is 0. The van der Waals surface area contributed by atoms with Crippen LogP contribution in [-0.4, -0.2) is 24.1 Å². The van der Waals surface area contributed by atoms with Crippen molar-refractivity contribution in [3.8, 4) is 0 Å². The summed E-state index contributed by atoms with van der Waals surface area (Å²) >= 11 is 0. The molecule has 3 heteroatoms. The SMILES string of the molecule is CCC1CC(C)(CC)N=C2C(OC)=CC(=Nc3ccccc3)C=C21. The third-order valence-electron chi connectivity index (χ3n) is 5.09. The number of aliphatic imine (C=N–C) groups is 2. The Hall–Kier alpha value is -2.16. The highest BCUT2D eigenvalue weighted by molar-refractivity contribution is 6.24. The van der Waals surface area contributed by atoms with Crippen LogP contribution in [0.2, 0.25) is 0 Å². The molecule has 3 nitrogen and oxygen atoms in total. The molecule has 0 radical (unpaired) electrons. The van der Waals surface area contributed by atoms with Crippen molar-refractivity contribution in [2.45, 2.75) is 45.6 Å². The van der Waals surface area contributed by atoms with Crippen LogP contribution in [-0.2, 0) is 4.74 Å². The van der Waals surface area contributed by atoms with E-state index in [2.05, 4.69) is 26.8 Å². The largest absolute Gasteiger partial charge is 0.494 e. The number of para-hydroxylation sites is 1. The van der Waals surface area contributed by atoms with Crippen molar-refractivity contribution in [3.05, 3.63) is 53.8 Å². The smallest absolute Gasteiger partial charge is 0.146 e. The number of benzene rings is 1. The minimum atomic E-state index is -0.000946. The molecule has 1 heterocycles. The molecule has 0 N–H and O–H groups in total. The van der Waals surface area contributed by atoms with E-state index in [1.807, 2.05) is 36.4 Å². The summed E-state index contributed by atoms with van der Waals surface area (Å²) in [7, 11) is 1.72. The van der Waals surface area contributed by atoms with Crippen LogP contribution in [0.3, 0.4) is 0 Å². The van der Waals surface area contributed by atoms with Gasteiger partial charge in [-0.2, -0.15) is 0 Å². The van der Waals surface area contributed by atoms with Gasteiger partial charge in [-0.1, -0.05) is 32.0 Å². The van der Waals surface area contributed by atoms with E-state index in [-0.39, 0.29) is 5.54 Å². The number of fused-ring (bicyclic) bond motifs is 1. The molecule has 0 saturated carbocycles. The zero-order valence-corrected chi connectivity index (χ0v) is 15.0. The maximum Gasteiger partial charge on any atom is 0.146 e. The predicted octanol–water partition coefficient (Wildman–Crippen LogP) is 5.27. The van der Waals surface area contributed by atoms with Crippen LogP contribution in [0.1, 0.15) is 40.0 Å². The van der Waals surface area contributed by atoms with Crippen molar-refractivity contribution >= 4 is 17.1 Å². The Kier molecular flexibility index (Phi) is 4.70. The first-order valence-electron chi connectivity index (χ1n) is 8.80. The van der Waals surface area contributed by atoms with E-state index in [1.54, 1.807) is 7.11 Å². The van der Waals surface area contributed by atoms with Gasteiger partial charge in [0.1, 0.15) is 11.5 Å². The molecule has 1 aromatic rings. The summed E-state index contributed by atoms with van der Waals surface area (Å²) in [5.74, 6) is 1.34. The molecule has 1 aliphatic heterocycles. The molecule has 0 bridgehead atoms. The third kappa shape index (κ3) is 3.21. The standard InChI is InChI=1S/C21H26N2O/c1-5-15-14-21(3,6-2)23-20-18(15)12-17(13-19(20)24-4)22-16-10-8-7-9-11-16/h7-13,15H,5-6,14H2,1-4H3. The van der Waals surface area contributed by atoms with Crippen molar-refractivity contribution < 1.29 is 4.74 Å². The van der Waals surface area contributed by atoms with Gasteiger partial charge in [-0.3, -0.25) is 4.99 Å². The molecule has 3 rings (SSSR count). The summed E-state index contributed by atoms with van der Waals surface area (Å²) in [5.41, 5.74) is 4.19. The molecule has 1 aromatic carbocycles. The number of rotatable bonds is 4. The molecular weight excluding hydrogens is 296 g/mol. The van der Waals surface area contributed by atoms with Gasteiger partial charge in [-0.15, -0.1) is 0 Å².